The fraction of sp³-hybridized carbons (Fsp3) is 0.444. The molecule has 0 unspecified atom stereocenters. The molecule has 1 radical (unpaired) electrons. The fourth-order valence-corrected chi connectivity index (χ4v) is 2.19. The topological polar surface area (TPSA) is 38.4 Å². The summed E-state index contributed by atoms with van der Waals surface area (Å²) in [5.41, 5.74) is 0. The molecule has 3 nitrogen and oxygen atoms in total. The van der Waals surface area contributed by atoms with Crippen LogP contribution < -0.4 is 9.47 Å². The molecule has 0 aliphatic heterocycles. The Balaban J connectivity index is 2.34. The maximum atomic E-state index is 11.9. The second-order valence-electron chi connectivity index (χ2n) is 5.15. The maximum Gasteiger partial charge on any atom is 0.186 e. The Morgan fingerprint density at radius 3 is 2.29 bits per heavy atom. The van der Waals surface area contributed by atoms with Gasteiger partial charge in [-0.3, -0.25) is 5.11 Å². The fourth-order valence-electron chi connectivity index (χ4n) is 2.19. The van der Waals surface area contributed by atoms with Crippen molar-refractivity contribution < 1.29 is 14.6 Å². The van der Waals surface area contributed by atoms with E-state index < -0.39 is 0 Å². The third-order valence-corrected chi connectivity index (χ3v) is 3.44. The van der Waals surface area contributed by atoms with Gasteiger partial charge in [0.15, 0.2) is 17.2 Å². The summed E-state index contributed by atoms with van der Waals surface area (Å²) in [4.78, 5) is 0. The van der Waals surface area contributed by atoms with Gasteiger partial charge in [-0.25, -0.2) is 0 Å². The lowest BCUT2D eigenvalue weighted by molar-refractivity contribution is 0.264. The van der Waals surface area contributed by atoms with Gasteiger partial charge in [-0.2, -0.15) is 0 Å². The van der Waals surface area contributed by atoms with Crippen LogP contribution in [0, 0.1) is 0 Å². The van der Waals surface area contributed by atoms with Crippen LogP contribution in [0.2, 0.25) is 0 Å². The average Bonchev–Trinajstić information content (AvgIpc) is 2.49. The van der Waals surface area contributed by atoms with Gasteiger partial charge >= 0.3 is 0 Å². The Bertz CT molecular complexity index is 578. The molecule has 0 atom stereocenters. The SMILES string of the molecule is CCCCOc1ccc2c([O])cccc2c1OCCCC. The molecule has 0 amide bonds. The quantitative estimate of drug-likeness (QED) is 0.614. The smallest absolute Gasteiger partial charge is 0.186 e. The van der Waals surface area contributed by atoms with Crippen LogP contribution in [0.15, 0.2) is 30.3 Å². The van der Waals surface area contributed by atoms with Gasteiger partial charge in [-0.15, -0.1) is 0 Å². The standard InChI is InChI=1S/C18H23O3/c1-3-5-12-20-17-11-10-14-15(8-7-9-16(14)19)18(17)21-13-6-4-2/h7-11H,3-6,12-13H2,1-2H3. The molecule has 0 heterocycles. The molecule has 2 aromatic rings. The van der Waals surface area contributed by atoms with E-state index in [2.05, 4.69) is 13.8 Å². The van der Waals surface area contributed by atoms with E-state index in [1.54, 1.807) is 12.1 Å². The van der Waals surface area contributed by atoms with Crippen LogP contribution in [0.25, 0.3) is 10.8 Å². The highest BCUT2D eigenvalue weighted by Crippen LogP contribution is 2.39. The number of hydrogen-bond acceptors (Lipinski definition) is 2. The Kier molecular flexibility index (Phi) is 5.73. The highest BCUT2D eigenvalue weighted by atomic mass is 16.5. The summed E-state index contributed by atoms with van der Waals surface area (Å²) < 4.78 is 11.7. The molecule has 21 heavy (non-hydrogen) atoms. The van der Waals surface area contributed by atoms with Gasteiger partial charge in [-0.05, 0) is 31.0 Å². The summed E-state index contributed by atoms with van der Waals surface area (Å²) in [5.74, 6) is 1.46. The van der Waals surface area contributed by atoms with E-state index in [0.717, 1.165) is 36.8 Å². The first-order valence-electron chi connectivity index (χ1n) is 7.76. The third-order valence-electron chi connectivity index (χ3n) is 3.44. The molecular weight excluding hydrogens is 264 g/mol. The van der Waals surface area contributed by atoms with Crippen LogP contribution in [-0.4, -0.2) is 13.2 Å². The van der Waals surface area contributed by atoms with E-state index >= 15 is 0 Å². The molecule has 0 saturated heterocycles. The van der Waals surface area contributed by atoms with Gasteiger partial charge in [0.1, 0.15) is 0 Å². The lowest BCUT2D eigenvalue weighted by atomic mass is 10.1. The largest absolute Gasteiger partial charge is 0.490 e. The van der Waals surface area contributed by atoms with Crippen LogP contribution in [0.1, 0.15) is 39.5 Å². The predicted octanol–water partition coefficient (Wildman–Crippen LogP) is 5.34. The number of ether oxygens (including phenoxy) is 2. The first-order chi connectivity index (χ1) is 10.3. The van der Waals surface area contributed by atoms with Gasteiger partial charge in [0.05, 0.1) is 13.2 Å². The van der Waals surface area contributed by atoms with Crippen molar-refractivity contribution in [1.29, 1.82) is 0 Å². The second kappa shape index (κ2) is 7.77. The first kappa shape index (κ1) is 15.5. The summed E-state index contributed by atoms with van der Waals surface area (Å²) in [6, 6.07) is 8.94. The summed E-state index contributed by atoms with van der Waals surface area (Å²) in [5, 5.41) is 13.5. The van der Waals surface area contributed by atoms with Gasteiger partial charge in [0, 0.05) is 10.8 Å². The van der Waals surface area contributed by atoms with Gasteiger partial charge in [0.2, 0.25) is 0 Å². The van der Waals surface area contributed by atoms with E-state index in [1.807, 2.05) is 18.2 Å². The molecule has 0 aromatic heterocycles. The monoisotopic (exact) mass is 287 g/mol. The molecular formula is C18H23O3. The predicted molar refractivity (Wildman–Crippen MR) is 84.9 cm³/mol. The highest BCUT2D eigenvalue weighted by Gasteiger charge is 2.13. The Hall–Kier alpha value is -1.90. The maximum absolute atomic E-state index is 11.9. The number of benzene rings is 2. The highest BCUT2D eigenvalue weighted by molar-refractivity contribution is 5.94. The molecule has 2 aromatic carbocycles. The van der Waals surface area contributed by atoms with Crippen molar-refractivity contribution in [2.75, 3.05) is 13.2 Å². The van der Waals surface area contributed by atoms with Crippen molar-refractivity contribution >= 4 is 10.8 Å². The van der Waals surface area contributed by atoms with Crippen LogP contribution in [0.3, 0.4) is 0 Å². The van der Waals surface area contributed by atoms with Crippen molar-refractivity contribution in [1.82, 2.24) is 0 Å². The molecule has 0 saturated carbocycles. The molecule has 113 valence electrons. The minimum absolute atomic E-state index is 0.0212. The minimum atomic E-state index is 0.0212. The van der Waals surface area contributed by atoms with Crippen LogP contribution in [-0.2, 0) is 5.11 Å². The van der Waals surface area contributed by atoms with Gasteiger partial charge in [0.25, 0.3) is 0 Å². The van der Waals surface area contributed by atoms with Crippen LogP contribution in [0.4, 0.5) is 0 Å². The summed E-state index contributed by atoms with van der Waals surface area (Å²) in [6.07, 6.45) is 4.16. The number of fused-ring (bicyclic) bond motifs is 1. The van der Waals surface area contributed by atoms with Crippen LogP contribution in [0.5, 0.6) is 17.2 Å². The molecule has 0 bridgehead atoms. The molecule has 0 spiro atoms. The number of unbranched alkanes of at least 4 members (excludes halogenated alkanes) is 2. The van der Waals surface area contributed by atoms with E-state index in [4.69, 9.17) is 9.47 Å². The van der Waals surface area contributed by atoms with Crippen molar-refractivity contribution in [3.63, 3.8) is 0 Å². The summed E-state index contributed by atoms with van der Waals surface area (Å²) in [7, 11) is 0. The van der Waals surface area contributed by atoms with E-state index in [9.17, 15) is 5.11 Å². The Labute approximate surface area is 126 Å². The normalized spacial score (nSPS) is 10.8. The molecule has 0 fully saturated rings. The third kappa shape index (κ3) is 3.81. The molecule has 0 aliphatic rings. The lowest BCUT2D eigenvalue weighted by Crippen LogP contribution is -2.02. The molecule has 0 aliphatic carbocycles. The lowest BCUT2D eigenvalue weighted by Gasteiger charge is -2.15. The Morgan fingerprint density at radius 2 is 1.57 bits per heavy atom. The molecule has 2 rings (SSSR count). The second-order valence-corrected chi connectivity index (χ2v) is 5.15. The van der Waals surface area contributed by atoms with Gasteiger partial charge < -0.3 is 9.47 Å². The Morgan fingerprint density at radius 1 is 0.857 bits per heavy atom. The van der Waals surface area contributed by atoms with Crippen molar-refractivity contribution in [2.45, 2.75) is 39.5 Å². The molecule has 0 N–H and O–H groups in total. The van der Waals surface area contributed by atoms with E-state index in [0.29, 0.717) is 24.3 Å². The zero-order chi connectivity index (χ0) is 15.1. The zero-order valence-electron chi connectivity index (χ0n) is 12.9. The minimum Gasteiger partial charge on any atom is -0.490 e. The molecule has 3 heteroatoms. The van der Waals surface area contributed by atoms with Crippen molar-refractivity contribution in [3.05, 3.63) is 30.3 Å². The summed E-state index contributed by atoms with van der Waals surface area (Å²) in [6.45, 7) is 5.57. The average molecular weight is 287 g/mol. The first-order valence-corrected chi connectivity index (χ1v) is 7.76. The van der Waals surface area contributed by atoms with Gasteiger partial charge in [-0.1, -0.05) is 38.8 Å². The zero-order valence-corrected chi connectivity index (χ0v) is 12.9. The van der Waals surface area contributed by atoms with Crippen molar-refractivity contribution in [2.24, 2.45) is 0 Å². The van der Waals surface area contributed by atoms with E-state index in [-0.39, 0.29) is 5.75 Å². The van der Waals surface area contributed by atoms with Crippen molar-refractivity contribution in [3.8, 4) is 17.2 Å². The van der Waals surface area contributed by atoms with E-state index in [1.165, 1.54) is 0 Å². The summed E-state index contributed by atoms with van der Waals surface area (Å²) >= 11 is 0. The number of hydrogen-bond donors (Lipinski definition) is 0. The number of rotatable bonds is 8. The van der Waals surface area contributed by atoms with Crippen LogP contribution >= 0.6 is 0 Å².